The Kier molecular flexibility index (Phi) is 5.37. The molecule has 0 radical (unpaired) electrons. The highest BCUT2D eigenvalue weighted by Gasteiger charge is 2.40. The highest BCUT2D eigenvalue weighted by molar-refractivity contribution is 7.10. The van der Waals surface area contributed by atoms with Crippen molar-refractivity contribution in [3.05, 3.63) is 33.6 Å². The minimum Gasteiger partial charge on any atom is -0.339 e. The number of thiophene rings is 1. The third-order valence-electron chi connectivity index (χ3n) is 6.25. The number of nitrogens with zero attached hydrogens (tertiary/aromatic N) is 4. The molecule has 4 heterocycles. The number of nitrogens with two attached hydrogens (primary N) is 1. The Morgan fingerprint density at radius 3 is 2.93 bits per heavy atom. The smallest absolute Gasteiger partial charge is 0.320 e. The summed E-state index contributed by atoms with van der Waals surface area (Å²) in [4.78, 5) is 23.0. The zero-order valence-electron chi connectivity index (χ0n) is 15.8. The largest absolute Gasteiger partial charge is 0.339 e. The minimum atomic E-state index is -0.405. The molecule has 7 nitrogen and oxygen atoms in total. The summed E-state index contributed by atoms with van der Waals surface area (Å²) in [6.07, 6.45) is 5.84. The summed E-state index contributed by atoms with van der Waals surface area (Å²) in [5, 5.41) is 6.26. The van der Waals surface area contributed by atoms with Crippen LogP contribution in [0.2, 0.25) is 0 Å². The zero-order chi connectivity index (χ0) is 18.4. The van der Waals surface area contributed by atoms with Crippen LogP contribution in [0.5, 0.6) is 0 Å². The van der Waals surface area contributed by atoms with Gasteiger partial charge in [0, 0.05) is 31.1 Å². The van der Waals surface area contributed by atoms with Gasteiger partial charge in [0.15, 0.2) is 5.82 Å². The van der Waals surface area contributed by atoms with E-state index < -0.39 is 5.54 Å². The Labute approximate surface area is 174 Å². The summed E-state index contributed by atoms with van der Waals surface area (Å²) in [6.45, 7) is 2.96. The summed E-state index contributed by atoms with van der Waals surface area (Å²) >= 11 is 1.79. The Bertz CT molecular complexity index is 849. The second kappa shape index (κ2) is 7.65. The van der Waals surface area contributed by atoms with Crippen LogP contribution in [0.3, 0.4) is 0 Å². The van der Waals surface area contributed by atoms with E-state index in [1.165, 1.54) is 10.4 Å². The van der Waals surface area contributed by atoms with Crippen LogP contribution in [0.15, 0.2) is 16.0 Å². The lowest BCUT2D eigenvalue weighted by molar-refractivity contribution is 0.129. The van der Waals surface area contributed by atoms with Crippen LogP contribution in [0.25, 0.3) is 0 Å². The quantitative estimate of drug-likeness (QED) is 0.800. The lowest BCUT2D eigenvalue weighted by Crippen LogP contribution is -2.48. The molecule has 152 valence electrons. The van der Waals surface area contributed by atoms with Crippen LogP contribution in [0.1, 0.15) is 60.2 Å². The molecule has 3 aliphatic rings. The fraction of sp³-hybridized carbons (Fsp3) is 0.632. The summed E-state index contributed by atoms with van der Waals surface area (Å²) in [7, 11) is 0. The highest BCUT2D eigenvalue weighted by Crippen LogP contribution is 2.38. The van der Waals surface area contributed by atoms with Crippen LogP contribution in [-0.2, 0) is 18.5 Å². The molecular weight excluding hydrogens is 398 g/mol. The van der Waals surface area contributed by atoms with Crippen molar-refractivity contribution >= 4 is 29.8 Å². The maximum atomic E-state index is 13.1. The van der Waals surface area contributed by atoms with E-state index in [0.717, 1.165) is 58.2 Å². The SMILES string of the molecule is Cl.NC1(c2noc(C3CCCN(C(=O)N4CCc5sccc5C4)C3)n2)CCC1. The first kappa shape index (κ1) is 19.7. The number of amides is 2. The van der Waals surface area contributed by atoms with Gasteiger partial charge in [-0.15, -0.1) is 23.7 Å². The Hall–Kier alpha value is -1.64. The number of aromatic nitrogens is 2. The van der Waals surface area contributed by atoms with Crippen molar-refractivity contribution in [1.29, 1.82) is 0 Å². The molecule has 2 amide bonds. The topological polar surface area (TPSA) is 88.5 Å². The molecule has 0 spiro atoms. The molecule has 0 aromatic carbocycles. The number of hydrogen-bond donors (Lipinski definition) is 1. The molecule has 2 N–H and O–H groups in total. The Morgan fingerprint density at radius 1 is 1.29 bits per heavy atom. The van der Waals surface area contributed by atoms with Crippen LogP contribution < -0.4 is 5.73 Å². The first-order valence-electron chi connectivity index (χ1n) is 9.84. The molecule has 2 fully saturated rings. The van der Waals surface area contributed by atoms with Gasteiger partial charge in [-0.05, 0) is 55.5 Å². The molecule has 9 heteroatoms. The van der Waals surface area contributed by atoms with Gasteiger partial charge in [0.1, 0.15) is 0 Å². The molecule has 5 rings (SSSR count). The maximum absolute atomic E-state index is 13.1. The first-order valence-corrected chi connectivity index (χ1v) is 10.7. The standard InChI is InChI=1S/C19H25N5O2S.ClH/c20-19(6-2-7-19)17-21-16(26-22-17)14-3-1-8-23(12-14)18(25)24-9-4-15-13(11-24)5-10-27-15;/h5,10,14H,1-4,6-9,11-12,20H2;1H. The lowest BCUT2D eigenvalue weighted by atomic mass is 9.77. The molecular formula is C19H26ClN5O2S. The second-order valence-electron chi connectivity index (χ2n) is 8.07. The predicted octanol–water partition coefficient (Wildman–Crippen LogP) is 3.25. The number of likely N-dealkylation sites (tertiary alicyclic amines) is 1. The molecule has 2 aromatic rings. The van der Waals surface area contributed by atoms with Gasteiger partial charge in [-0.3, -0.25) is 0 Å². The molecule has 1 saturated carbocycles. The number of urea groups is 1. The van der Waals surface area contributed by atoms with E-state index in [-0.39, 0.29) is 24.4 Å². The van der Waals surface area contributed by atoms with E-state index in [2.05, 4.69) is 21.6 Å². The van der Waals surface area contributed by atoms with E-state index in [1.807, 2.05) is 9.80 Å². The number of halogens is 1. The van der Waals surface area contributed by atoms with Crippen LogP contribution in [0, 0.1) is 0 Å². The van der Waals surface area contributed by atoms with Crippen molar-refractivity contribution in [2.75, 3.05) is 19.6 Å². The third kappa shape index (κ3) is 3.42. The van der Waals surface area contributed by atoms with Crippen molar-refractivity contribution < 1.29 is 9.32 Å². The Morgan fingerprint density at radius 2 is 2.14 bits per heavy atom. The first-order chi connectivity index (χ1) is 13.1. The molecule has 2 aromatic heterocycles. The average Bonchev–Trinajstić information content (AvgIpc) is 3.34. The van der Waals surface area contributed by atoms with Gasteiger partial charge >= 0.3 is 6.03 Å². The van der Waals surface area contributed by atoms with Crippen molar-refractivity contribution in [2.24, 2.45) is 5.73 Å². The number of carbonyl (C=O) groups is 1. The van der Waals surface area contributed by atoms with Gasteiger partial charge in [0.25, 0.3) is 0 Å². The molecule has 0 bridgehead atoms. The van der Waals surface area contributed by atoms with E-state index in [4.69, 9.17) is 10.3 Å². The van der Waals surface area contributed by atoms with Gasteiger partial charge in [-0.2, -0.15) is 4.98 Å². The lowest BCUT2D eigenvalue weighted by Gasteiger charge is -2.37. The minimum absolute atomic E-state index is 0. The molecule has 1 unspecified atom stereocenters. The van der Waals surface area contributed by atoms with Crippen LogP contribution in [-0.4, -0.2) is 45.6 Å². The number of rotatable bonds is 2. The molecule has 1 saturated heterocycles. The number of carbonyl (C=O) groups excluding carboxylic acids is 1. The van der Waals surface area contributed by atoms with Crippen molar-refractivity contribution in [2.45, 2.75) is 56.5 Å². The van der Waals surface area contributed by atoms with Crippen LogP contribution >= 0.6 is 23.7 Å². The van der Waals surface area contributed by atoms with Crippen molar-refractivity contribution in [3.8, 4) is 0 Å². The fourth-order valence-electron chi connectivity index (χ4n) is 4.35. The van der Waals surface area contributed by atoms with Gasteiger partial charge < -0.3 is 20.1 Å². The Balaban J connectivity index is 0.00000192. The monoisotopic (exact) mass is 423 g/mol. The van der Waals surface area contributed by atoms with Gasteiger partial charge in [0.2, 0.25) is 5.89 Å². The van der Waals surface area contributed by atoms with Gasteiger partial charge in [-0.25, -0.2) is 4.79 Å². The summed E-state index contributed by atoms with van der Waals surface area (Å²) < 4.78 is 5.54. The summed E-state index contributed by atoms with van der Waals surface area (Å²) in [5.41, 5.74) is 7.20. The van der Waals surface area contributed by atoms with Crippen molar-refractivity contribution in [1.82, 2.24) is 19.9 Å². The van der Waals surface area contributed by atoms with Gasteiger partial charge in [0.05, 0.1) is 11.5 Å². The number of hydrogen-bond acceptors (Lipinski definition) is 6. The number of fused-ring (bicyclic) bond motifs is 1. The van der Waals surface area contributed by atoms with Gasteiger partial charge in [-0.1, -0.05) is 5.16 Å². The highest BCUT2D eigenvalue weighted by atomic mass is 35.5. The average molecular weight is 424 g/mol. The normalized spacial score (nSPS) is 23.5. The molecule has 28 heavy (non-hydrogen) atoms. The summed E-state index contributed by atoms with van der Waals surface area (Å²) in [6, 6.07) is 2.27. The second-order valence-corrected chi connectivity index (χ2v) is 9.07. The fourth-order valence-corrected chi connectivity index (χ4v) is 5.24. The van der Waals surface area contributed by atoms with E-state index in [0.29, 0.717) is 18.3 Å². The molecule has 1 atom stereocenters. The number of piperidine rings is 1. The van der Waals surface area contributed by atoms with Crippen LogP contribution in [0.4, 0.5) is 4.79 Å². The van der Waals surface area contributed by atoms with E-state index >= 15 is 0 Å². The van der Waals surface area contributed by atoms with E-state index in [9.17, 15) is 4.79 Å². The molecule has 1 aliphatic carbocycles. The maximum Gasteiger partial charge on any atom is 0.320 e. The predicted molar refractivity (Wildman–Crippen MR) is 109 cm³/mol. The zero-order valence-corrected chi connectivity index (χ0v) is 17.4. The molecule has 2 aliphatic heterocycles. The third-order valence-corrected chi connectivity index (χ3v) is 7.28. The van der Waals surface area contributed by atoms with E-state index in [1.54, 1.807) is 11.3 Å². The van der Waals surface area contributed by atoms with Crippen molar-refractivity contribution in [3.63, 3.8) is 0 Å². The summed E-state index contributed by atoms with van der Waals surface area (Å²) in [5.74, 6) is 1.38.